The molecule has 1 atom stereocenters. The van der Waals surface area contributed by atoms with Crippen molar-refractivity contribution in [3.63, 3.8) is 0 Å². The summed E-state index contributed by atoms with van der Waals surface area (Å²) in [5, 5.41) is 4.97. The number of nitrogens with one attached hydrogen (secondary N) is 2. The van der Waals surface area contributed by atoms with Gasteiger partial charge >= 0.3 is 17.9 Å². The molecule has 2 N–H and O–H groups in total. The molecule has 0 aliphatic rings. The van der Waals surface area contributed by atoms with Crippen LogP contribution >= 0.6 is 11.8 Å². The van der Waals surface area contributed by atoms with Gasteiger partial charge in [0.2, 0.25) is 5.91 Å². The van der Waals surface area contributed by atoms with E-state index in [9.17, 15) is 28.8 Å². The second kappa shape index (κ2) is 15.2. The van der Waals surface area contributed by atoms with E-state index in [-0.39, 0.29) is 50.0 Å². The number of carbonyl (C=O) groups excluding carboxylic acids is 6. The molecule has 182 valence electrons. The summed E-state index contributed by atoms with van der Waals surface area (Å²) in [7, 11) is 1.25. The van der Waals surface area contributed by atoms with Gasteiger partial charge < -0.3 is 24.8 Å². The second-order valence-electron chi connectivity index (χ2n) is 7.45. The molecule has 0 aromatic rings. The Balaban J connectivity index is 4.34. The molecule has 0 aliphatic heterocycles. The average Bonchev–Trinajstić information content (AvgIpc) is 2.71. The number of amides is 2. The van der Waals surface area contributed by atoms with Crippen LogP contribution in [-0.2, 0) is 43.0 Å². The molecule has 0 unspecified atom stereocenters. The van der Waals surface area contributed by atoms with Crippen molar-refractivity contribution in [3.05, 3.63) is 0 Å². The monoisotopic (exact) mass is 476 g/mol. The van der Waals surface area contributed by atoms with Crippen LogP contribution in [0.2, 0.25) is 0 Å². The van der Waals surface area contributed by atoms with Crippen molar-refractivity contribution in [2.75, 3.05) is 32.6 Å². The molecule has 0 radical (unpaired) electrons. The molecule has 12 heteroatoms. The summed E-state index contributed by atoms with van der Waals surface area (Å²) in [6.07, 6.45) is -1.16. The molecule has 0 saturated carbocycles. The Bertz CT molecular complexity index is 695. The van der Waals surface area contributed by atoms with E-state index in [0.29, 0.717) is 5.75 Å². The first-order chi connectivity index (χ1) is 14.9. The van der Waals surface area contributed by atoms with Gasteiger partial charge in [-0.15, -0.1) is 0 Å². The van der Waals surface area contributed by atoms with Gasteiger partial charge in [-0.05, 0) is 0 Å². The van der Waals surface area contributed by atoms with E-state index < -0.39 is 35.3 Å². The van der Waals surface area contributed by atoms with Gasteiger partial charge in [0.1, 0.15) is 6.61 Å². The van der Waals surface area contributed by atoms with Crippen LogP contribution in [0.5, 0.6) is 0 Å². The van der Waals surface area contributed by atoms with Gasteiger partial charge in [0.15, 0.2) is 11.2 Å². The third kappa shape index (κ3) is 13.6. The maximum atomic E-state index is 12.5. The van der Waals surface area contributed by atoms with E-state index in [1.165, 1.54) is 14.0 Å². The van der Waals surface area contributed by atoms with E-state index in [4.69, 9.17) is 9.47 Å². The van der Waals surface area contributed by atoms with Crippen LogP contribution in [0.15, 0.2) is 0 Å². The van der Waals surface area contributed by atoms with Crippen molar-refractivity contribution in [1.29, 1.82) is 0 Å². The largest absolute Gasteiger partial charge is 0.469 e. The lowest BCUT2D eigenvalue weighted by atomic mass is 9.86. The summed E-state index contributed by atoms with van der Waals surface area (Å²) in [4.78, 5) is 69.4. The Morgan fingerprint density at radius 3 is 2.12 bits per heavy atom. The summed E-state index contributed by atoms with van der Waals surface area (Å²) in [5.41, 5.74) is -0.985. The number of carbonyl (C=O) groups is 6. The van der Waals surface area contributed by atoms with Crippen LogP contribution in [0.4, 0.5) is 0 Å². The fourth-order valence-electron chi connectivity index (χ4n) is 2.31. The predicted molar refractivity (Wildman–Crippen MR) is 115 cm³/mol. The molecule has 0 bridgehead atoms. The summed E-state index contributed by atoms with van der Waals surface area (Å²) < 4.78 is 14.5. The SMILES string of the molecule is COC(=O)CCC(=O)SCCNC(=O)CCNC(=O)[C@H](OC(C)=O)C(C)(C)COC(C)=O. The van der Waals surface area contributed by atoms with Crippen molar-refractivity contribution < 1.29 is 43.0 Å². The number of esters is 3. The van der Waals surface area contributed by atoms with Crippen molar-refractivity contribution >= 4 is 46.6 Å². The Morgan fingerprint density at radius 1 is 0.906 bits per heavy atom. The number of rotatable bonds is 14. The van der Waals surface area contributed by atoms with Crippen LogP contribution in [0.1, 0.15) is 47.0 Å². The Morgan fingerprint density at radius 2 is 1.56 bits per heavy atom. The topological polar surface area (TPSA) is 154 Å². The molecular weight excluding hydrogens is 444 g/mol. The van der Waals surface area contributed by atoms with Gasteiger partial charge in [0.05, 0.1) is 13.5 Å². The quantitative estimate of drug-likeness (QED) is 0.204. The van der Waals surface area contributed by atoms with E-state index in [1.807, 2.05) is 0 Å². The zero-order valence-corrected chi connectivity index (χ0v) is 19.9. The van der Waals surface area contributed by atoms with Gasteiger partial charge in [0.25, 0.3) is 5.91 Å². The van der Waals surface area contributed by atoms with Gasteiger partial charge in [0, 0.05) is 50.9 Å². The van der Waals surface area contributed by atoms with Gasteiger partial charge in [-0.2, -0.15) is 0 Å². The van der Waals surface area contributed by atoms with Crippen molar-refractivity contribution in [2.45, 2.75) is 53.1 Å². The molecule has 0 aromatic heterocycles. The fourth-order valence-corrected chi connectivity index (χ4v) is 2.99. The summed E-state index contributed by atoms with van der Waals surface area (Å²) in [5.74, 6) is -2.26. The molecule has 0 spiro atoms. The van der Waals surface area contributed by atoms with Crippen LogP contribution in [0.25, 0.3) is 0 Å². The summed E-state index contributed by atoms with van der Waals surface area (Å²) in [6, 6.07) is 0. The third-order valence-corrected chi connectivity index (χ3v) is 4.91. The Kier molecular flexibility index (Phi) is 14.0. The Labute approximate surface area is 191 Å². The molecular formula is C20H32N2O9S. The van der Waals surface area contributed by atoms with Crippen LogP contribution in [0.3, 0.4) is 0 Å². The number of ether oxygens (including phenoxy) is 3. The summed E-state index contributed by atoms with van der Waals surface area (Å²) >= 11 is 1.00. The number of hydrogen-bond acceptors (Lipinski definition) is 10. The highest BCUT2D eigenvalue weighted by Gasteiger charge is 2.39. The molecule has 0 rings (SSSR count). The summed E-state index contributed by atoms with van der Waals surface area (Å²) in [6.45, 7) is 5.72. The lowest BCUT2D eigenvalue weighted by molar-refractivity contribution is -0.166. The number of hydrogen-bond donors (Lipinski definition) is 2. The Hall–Kier alpha value is -2.63. The number of methoxy groups -OCH3 is 1. The molecule has 2 amide bonds. The van der Waals surface area contributed by atoms with E-state index in [2.05, 4.69) is 15.4 Å². The zero-order chi connectivity index (χ0) is 24.7. The third-order valence-electron chi connectivity index (χ3n) is 3.98. The molecule has 0 aromatic carbocycles. The minimum Gasteiger partial charge on any atom is -0.469 e. The first kappa shape index (κ1) is 29.4. The molecule has 11 nitrogen and oxygen atoms in total. The smallest absolute Gasteiger partial charge is 0.305 e. The first-order valence-corrected chi connectivity index (χ1v) is 10.9. The fraction of sp³-hybridized carbons (Fsp3) is 0.700. The van der Waals surface area contributed by atoms with Crippen molar-refractivity contribution in [2.24, 2.45) is 5.41 Å². The average molecular weight is 477 g/mol. The highest BCUT2D eigenvalue weighted by Crippen LogP contribution is 2.24. The predicted octanol–water partition coefficient (Wildman–Crippen LogP) is 0.343. The van der Waals surface area contributed by atoms with E-state index in [1.54, 1.807) is 13.8 Å². The molecule has 0 saturated heterocycles. The van der Waals surface area contributed by atoms with Gasteiger partial charge in [-0.1, -0.05) is 25.6 Å². The molecule has 0 aliphatic carbocycles. The van der Waals surface area contributed by atoms with Crippen LogP contribution in [0, 0.1) is 5.41 Å². The normalized spacial score (nSPS) is 11.7. The van der Waals surface area contributed by atoms with Crippen LogP contribution in [-0.4, -0.2) is 73.5 Å². The number of thioether (sulfide) groups is 1. The molecule has 0 heterocycles. The first-order valence-electron chi connectivity index (χ1n) is 9.96. The van der Waals surface area contributed by atoms with Crippen molar-refractivity contribution in [3.8, 4) is 0 Å². The highest BCUT2D eigenvalue weighted by atomic mass is 32.2. The van der Waals surface area contributed by atoms with Gasteiger partial charge in [-0.25, -0.2) is 0 Å². The minimum absolute atomic E-state index is 0.00270. The lowest BCUT2D eigenvalue weighted by Crippen LogP contribution is -2.49. The lowest BCUT2D eigenvalue weighted by Gasteiger charge is -2.31. The highest BCUT2D eigenvalue weighted by molar-refractivity contribution is 8.13. The van der Waals surface area contributed by atoms with E-state index >= 15 is 0 Å². The van der Waals surface area contributed by atoms with E-state index in [0.717, 1.165) is 18.7 Å². The maximum Gasteiger partial charge on any atom is 0.305 e. The standard InChI is InChI=1S/C20H32N2O9S/c1-13(23)30-12-20(3,4)18(31-14(2)24)19(28)22-9-8-15(25)21-10-11-32-17(27)7-6-16(26)29-5/h18H,6-12H2,1-5H3,(H,21,25)(H,22,28)/t18-/m0/s1. The molecule has 32 heavy (non-hydrogen) atoms. The maximum absolute atomic E-state index is 12.5. The van der Waals surface area contributed by atoms with Crippen molar-refractivity contribution in [1.82, 2.24) is 10.6 Å². The van der Waals surface area contributed by atoms with Crippen LogP contribution < -0.4 is 10.6 Å². The molecule has 0 fully saturated rings. The second-order valence-corrected chi connectivity index (χ2v) is 8.60. The zero-order valence-electron chi connectivity index (χ0n) is 19.1. The minimum atomic E-state index is -1.21. The van der Waals surface area contributed by atoms with Gasteiger partial charge in [-0.3, -0.25) is 28.8 Å².